The number of likely N-dealkylation sites (tertiary alicyclic amines) is 1. The van der Waals surface area contributed by atoms with Crippen LogP contribution in [0.15, 0.2) is 54.6 Å². The molecule has 1 N–H and O–H groups in total. The van der Waals surface area contributed by atoms with Crippen LogP contribution in [0.1, 0.15) is 37.6 Å². The molecule has 1 aliphatic rings. The first kappa shape index (κ1) is 17.2. The van der Waals surface area contributed by atoms with Crippen molar-refractivity contribution in [2.45, 2.75) is 38.8 Å². The van der Waals surface area contributed by atoms with Crippen LogP contribution >= 0.6 is 0 Å². The van der Waals surface area contributed by atoms with E-state index >= 15 is 0 Å². The Hall–Kier alpha value is -2.62. The summed E-state index contributed by atoms with van der Waals surface area (Å²) in [6, 6.07) is 17.7. The van der Waals surface area contributed by atoms with Crippen molar-refractivity contribution in [2.75, 3.05) is 6.54 Å². The van der Waals surface area contributed by atoms with Crippen LogP contribution in [0.25, 0.3) is 11.1 Å². The average molecular weight is 336 g/mol. The van der Waals surface area contributed by atoms with Crippen LogP contribution in [0, 0.1) is 0 Å². The van der Waals surface area contributed by atoms with E-state index in [2.05, 4.69) is 5.32 Å². The highest BCUT2D eigenvalue weighted by Gasteiger charge is 2.49. The summed E-state index contributed by atoms with van der Waals surface area (Å²) in [5.41, 5.74) is 2.05. The van der Waals surface area contributed by atoms with Gasteiger partial charge >= 0.3 is 0 Å². The monoisotopic (exact) mass is 336 g/mol. The van der Waals surface area contributed by atoms with Crippen LogP contribution in [0.5, 0.6) is 0 Å². The van der Waals surface area contributed by atoms with E-state index in [1.54, 1.807) is 4.90 Å². The molecule has 3 rings (SSSR count). The molecule has 2 amide bonds. The lowest BCUT2D eigenvalue weighted by molar-refractivity contribution is -0.138. The third-order valence-corrected chi connectivity index (χ3v) is 4.81. The van der Waals surface area contributed by atoms with E-state index in [-0.39, 0.29) is 17.9 Å². The van der Waals surface area contributed by atoms with Crippen molar-refractivity contribution in [1.82, 2.24) is 10.2 Å². The molecule has 0 radical (unpaired) electrons. The van der Waals surface area contributed by atoms with Crippen LogP contribution in [-0.4, -0.2) is 34.8 Å². The predicted octanol–water partition coefficient (Wildman–Crippen LogP) is 3.48. The first-order valence-corrected chi connectivity index (χ1v) is 8.70. The Morgan fingerprint density at radius 1 is 1.00 bits per heavy atom. The molecule has 2 aromatic carbocycles. The summed E-state index contributed by atoms with van der Waals surface area (Å²) in [5.74, 6) is -0.171. The molecule has 1 fully saturated rings. The Morgan fingerprint density at radius 2 is 1.60 bits per heavy atom. The fourth-order valence-corrected chi connectivity index (χ4v) is 3.13. The molecule has 0 aromatic heterocycles. The van der Waals surface area contributed by atoms with E-state index < -0.39 is 5.54 Å². The van der Waals surface area contributed by atoms with Crippen LogP contribution in [-0.2, 0) is 4.79 Å². The molecule has 0 saturated carbocycles. The molecule has 0 spiro atoms. The number of amides is 2. The summed E-state index contributed by atoms with van der Waals surface area (Å²) < 4.78 is 0. The van der Waals surface area contributed by atoms with Crippen molar-refractivity contribution in [3.05, 3.63) is 60.2 Å². The Morgan fingerprint density at radius 3 is 2.12 bits per heavy atom. The van der Waals surface area contributed by atoms with Crippen molar-refractivity contribution in [3.63, 3.8) is 0 Å². The van der Waals surface area contributed by atoms with Gasteiger partial charge in [0.1, 0.15) is 5.54 Å². The van der Waals surface area contributed by atoms with Crippen molar-refractivity contribution >= 4 is 11.8 Å². The second-order valence-electron chi connectivity index (χ2n) is 7.05. The second kappa shape index (κ2) is 6.71. The summed E-state index contributed by atoms with van der Waals surface area (Å²) in [4.78, 5) is 26.9. The van der Waals surface area contributed by atoms with Gasteiger partial charge < -0.3 is 10.2 Å². The molecule has 1 unspecified atom stereocenters. The summed E-state index contributed by atoms with van der Waals surface area (Å²) in [7, 11) is 0. The number of carbonyl (C=O) groups is 2. The van der Waals surface area contributed by atoms with Gasteiger partial charge in [-0.25, -0.2) is 0 Å². The van der Waals surface area contributed by atoms with E-state index in [0.717, 1.165) is 11.1 Å². The summed E-state index contributed by atoms with van der Waals surface area (Å²) in [5, 5.41) is 2.92. The SMILES string of the molecule is CC(C)NC(=O)C1(C)CCN1C(=O)c1ccc(-c2ccccc2)cc1. The molecule has 1 saturated heterocycles. The molecule has 1 aliphatic heterocycles. The molecule has 130 valence electrons. The maximum Gasteiger partial charge on any atom is 0.254 e. The largest absolute Gasteiger partial charge is 0.352 e. The molecule has 0 bridgehead atoms. The van der Waals surface area contributed by atoms with E-state index in [4.69, 9.17) is 0 Å². The summed E-state index contributed by atoms with van der Waals surface area (Å²) >= 11 is 0. The number of nitrogens with one attached hydrogen (secondary N) is 1. The van der Waals surface area contributed by atoms with E-state index in [9.17, 15) is 9.59 Å². The topological polar surface area (TPSA) is 49.4 Å². The first-order chi connectivity index (χ1) is 11.9. The molecular weight excluding hydrogens is 312 g/mol. The first-order valence-electron chi connectivity index (χ1n) is 8.70. The van der Waals surface area contributed by atoms with Crippen molar-refractivity contribution in [1.29, 1.82) is 0 Å². The quantitative estimate of drug-likeness (QED) is 0.929. The third-order valence-electron chi connectivity index (χ3n) is 4.81. The summed E-state index contributed by atoms with van der Waals surface area (Å²) in [6.07, 6.45) is 0.694. The number of carbonyl (C=O) groups excluding carboxylic acids is 2. The molecule has 4 heteroatoms. The third kappa shape index (κ3) is 3.29. The minimum Gasteiger partial charge on any atom is -0.352 e. The maximum absolute atomic E-state index is 12.8. The molecule has 2 aromatic rings. The zero-order chi connectivity index (χ0) is 18.0. The smallest absolute Gasteiger partial charge is 0.254 e. The lowest BCUT2D eigenvalue weighted by Crippen LogP contribution is -2.67. The minimum atomic E-state index is -0.751. The van der Waals surface area contributed by atoms with E-state index in [1.165, 1.54) is 0 Å². The molecule has 1 heterocycles. The van der Waals surface area contributed by atoms with Crippen LogP contribution in [0.4, 0.5) is 0 Å². The van der Waals surface area contributed by atoms with E-state index in [0.29, 0.717) is 18.5 Å². The molecular formula is C21H24N2O2. The van der Waals surface area contributed by atoms with E-state index in [1.807, 2.05) is 75.4 Å². The number of benzene rings is 2. The van der Waals surface area contributed by atoms with Gasteiger partial charge in [-0.05, 0) is 50.5 Å². The normalized spacial score (nSPS) is 19.4. The van der Waals surface area contributed by atoms with Crippen molar-refractivity contribution in [2.24, 2.45) is 0 Å². The Kier molecular flexibility index (Phi) is 4.62. The van der Waals surface area contributed by atoms with Gasteiger partial charge in [0.15, 0.2) is 0 Å². The van der Waals surface area contributed by atoms with Crippen molar-refractivity contribution in [3.8, 4) is 11.1 Å². The van der Waals surface area contributed by atoms with Gasteiger partial charge in [0.2, 0.25) is 5.91 Å². The fraction of sp³-hybridized carbons (Fsp3) is 0.333. The Bertz CT molecular complexity index is 768. The molecule has 0 aliphatic carbocycles. The van der Waals surface area contributed by atoms with Gasteiger partial charge in [-0.3, -0.25) is 9.59 Å². The fourth-order valence-electron chi connectivity index (χ4n) is 3.13. The van der Waals surface area contributed by atoms with Gasteiger partial charge in [0, 0.05) is 18.2 Å². The van der Waals surface area contributed by atoms with Crippen LogP contribution in [0.2, 0.25) is 0 Å². The highest BCUT2D eigenvalue weighted by Crippen LogP contribution is 2.32. The van der Waals surface area contributed by atoms with Crippen molar-refractivity contribution < 1.29 is 9.59 Å². The number of nitrogens with zero attached hydrogens (tertiary/aromatic N) is 1. The highest BCUT2D eigenvalue weighted by molar-refractivity contribution is 6.00. The van der Waals surface area contributed by atoms with Gasteiger partial charge in [-0.1, -0.05) is 42.5 Å². The second-order valence-corrected chi connectivity index (χ2v) is 7.05. The maximum atomic E-state index is 12.8. The van der Waals surface area contributed by atoms with Gasteiger partial charge in [0.25, 0.3) is 5.91 Å². The predicted molar refractivity (Wildman–Crippen MR) is 99.2 cm³/mol. The van der Waals surface area contributed by atoms with Gasteiger partial charge in [0.05, 0.1) is 0 Å². The summed E-state index contributed by atoms with van der Waals surface area (Å²) in [6.45, 7) is 6.30. The number of hydrogen-bond acceptors (Lipinski definition) is 2. The standard InChI is InChI=1S/C21H24N2O2/c1-15(2)22-20(25)21(3)13-14-23(21)19(24)18-11-9-17(10-12-18)16-7-5-4-6-8-16/h4-12,15H,13-14H2,1-3H3,(H,22,25). The zero-order valence-electron chi connectivity index (χ0n) is 15.0. The van der Waals surface area contributed by atoms with Crippen LogP contribution in [0.3, 0.4) is 0 Å². The molecule has 25 heavy (non-hydrogen) atoms. The minimum absolute atomic E-state index is 0.0621. The average Bonchev–Trinajstić information content (AvgIpc) is 2.60. The number of rotatable bonds is 4. The lowest BCUT2D eigenvalue weighted by Gasteiger charge is -2.49. The van der Waals surface area contributed by atoms with Crippen LogP contribution < -0.4 is 5.32 Å². The molecule has 1 atom stereocenters. The Balaban J connectivity index is 1.76. The lowest BCUT2D eigenvalue weighted by atomic mass is 9.84. The number of hydrogen-bond donors (Lipinski definition) is 1. The van der Waals surface area contributed by atoms with Gasteiger partial charge in [-0.15, -0.1) is 0 Å². The molecule has 4 nitrogen and oxygen atoms in total. The highest BCUT2D eigenvalue weighted by atomic mass is 16.2. The Labute approximate surface area is 148 Å². The van der Waals surface area contributed by atoms with Gasteiger partial charge in [-0.2, -0.15) is 0 Å². The zero-order valence-corrected chi connectivity index (χ0v) is 15.0.